The molecule has 0 bridgehead atoms. The van der Waals surface area contributed by atoms with Gasteiger partial charge in [-0.1, -0.05) is 30.3 Å². The van der Waals surface area contributed by atoms with Crippen LogP contribution >= 0.6 is 0 Å². The zero-order valence-electron chi connectivity index (χ0n) is 17.7. The third kappa shape index (κ3) is 5.59. The summed E-state index contributed by atoms with van der Waals surface area (Å²) in [6.45, 7) is 4.28. The van der Waals surface area contributed by atoms with Gasteiger partial charge in [0.05, 0.1) is 23.5 Å². The van der Waals surface area contributed by atoms with E-state index in [1.54, 1.807) is 0 Å². The van der Waals surface area contributed by atoms with Gasteiger partial charge >= 0.3 is 0 Å². The summed E-state index contributed by atoms with van der Waals surface area (Å²) in [6.07, 6.45) is 6.05. The zero-order chi connectivity index (χ0) is 21.5. The number of benzene rings is 2. The van der Waals surface area contributed by atoms with E-state index in [2.05, 4.69) is 16.1 Å². The second-order valence-corrected chi connectivity index (χ2v) is 7.95. The van der Waals surface area contributed by atoms with Crippen LogP contribution in [0, 0.1) is 11.3 Å². The number of aromatic nitrogens is 2. The second kappa shape index (κ2) is 10.1. The van der Waals surface area contributed by atoms with Crippen LogP contribution in [-0.2, 0) is 17.8 Å². The first-order valence-electron chi connectivity index (χ1n) is 10.8. The number of nitriles is 1. The van der Waals surface area contributed by atoms with Gasteiger partial charge in [-0.15, -0.1) is 0 Å². The summed E-state index contributed by atoms with van der Waals surface area (Å²) in [5, 5.41) is 13.4. The number of rotatable bonds is 6. The molecule has 6 nitrogen and oxygen atoms in total. The van der Waals surface area contributed by atoms with E-state index in [0.717, 1.165) is 50.4 Å². The monoisotopic (exact) mass is 413 g/mol. The lowest BCUT2D eigenvalue weighted by Gasteiger charge is -2.22. The van der Waals surface area contributed by atoms with Crippen molar-refractivity contribution in [2.45, 2.75) is 25.8 Å². The number of carbonyl (C=O) groups is 1. The Hall–Kier alpha value is -3.43. The third-order valence-electron chi connectivity index (χ3n) is 5.71. The fraction of sp³-hybridized carbons (Fsp3) is 0.320. The van der Waals surface area contributed by atoms with Crippen molar-refractivity contribution in [3.05, 3.63) is 83.7 Å². The lowest BCUT2D eigenvalue weighted by Crippen LogP contribution is -2.35. The quantitative estimate of drug-likeness (QED) is 0.621. The maximum absolute atomic E-state index is 12.8. The summed E-state index contributed by atoms with van der Waals surface area (Å²) in [7, 11) is 0. The Kier molecular flexibility index (Phi) is 6.75. The summed E-state index contributed by atoms with van der Waals surface area (Å²) in [4.78, 5) is 17.2. The Balaban J connectivity index is 1.26. The van der Waals surface area contributed by atoms with E-state index in [4.69, 9.17) is 5.26 Å². The standard InChI is InChI=1S/C25H27N5O/c26-17-21-7-9-22(10-8-21)19-28-13-4-14-29(16-15-28)25(31)12-11-23-18-27-30(20-23)24-5-2-1-3-6-24/h1-3,5-10,18,20H,4,11-16,19H2. The van der Waals surface area contributed by atoms with Crippen molar-refractivity contribution in [2.75, 3.05) is 26.2 Å². The Bertz CT molecular complexity index is 1040. The number of para-hydroxylation sites is 1. The highest BCUT2D eigenvalue weighted by Gasteiger charge is 2.19. The summed E-state index contributed by atoms with van der Waals surface area (Å²) in [5.74, 6) is 0.215. The summed E-state index contributed by atoms with van der Waals surface area (Å²) in [5.41, 5.74) is 3.99. The molecule has 6 heteroatoms. The van der Waals surface area contributed by atoms with Gasteiger partial charge in [-0.3, -0.25) is 9.69 Å². The summed E-state index contributed by atoms with van der Waals surface area (Å²) in [6, 6.07) is 19.9. The number of nitrogens with zero attached hydrogens (tertiary/aromatic N) is 5. The predicted molar refractivity (Wildman–Crippen MR) is 120 cm³/mol. The molecule has 4 rings (SSSR count). The van der Waals surface area contributed by atoms with Crippen LogP contribution in [-0.4, -0.2) is 51.7 Å². The highest BCUT2D eigenvalue weighted by atomic mass is 16.2. The van der Waals surface area contributed by atoms with Crippen molar-refractivity contribution in [3.63, 3.8) is 0 Å². The van der Waals surface area contributed by atoms with E-state index in [1.165, 1.54) is 5.56 Å². The maximum atomic E-state index is 12.8. The molecule has 2 heterocycles. The minimum atomic E-state index is 0.215. The van der Waals surface area contributed by atoms with Gasteiger partial charge in [0, 0.05) is 45.3 Å². The Morgan fingerprint density at radius 3 is 2.55 bits per heavy atom. The molecule has 0 aliphatic carbocycles. The highest BCUT2D eigenvalue weighted by Crippen LogP contribution is 2.13. The van der Waals surface area contributed by atoms with Gasteiger partial charge < -0.3 is 4.90 Å². The van der Waals surface area contributed by atoms with Crippen LogP contribution < -0.4 is 0 Å². The van der Waals surface area contributed by atoms with Crippen LogP contribution in [0.3, 0.4) is 0 Å². The van der Waals surface area contributed by atoms with Crippen LogP contribution in [0.4, 0.5) is 0 Å². The molecule has 158 valence electrons. The number of hydrogen-bond donors (Lipinski definition) is 0. The number of carbonyl (C=O) groups excluding carboxylic acids is 1. The smallest absolute Gasteiger partial charge is 0.222 e. The van der Waals surface area contributed by atoms with Crippen molar-refractivity contribution in [2.24, 2.45) is 0 Å². The van der Waals surface area contributed by atoms with E-state index >= 15 is 0 Å². The van der Waals surface area contributed by atoms with Crippen molar-refractivity contribution in [1.82, 2.24) is 19.6 Å². The largest absolute Gasteiger partial charge is 0.341 e. The van der Waals surface area contributed by atoms with Crippen molar-refractivity contribution >= 4 is 5.91 Å². The molecule has 2 aromatic carbocycles. The minimum absolute atomic E-state index is 0.215. The van der Waals surface area contributed by atoms with E-state index < -0.39 is 0 Å². The van der Waals surface area contributed by atoms with Gasteiger partial charge in [-0.25, -0.2) is 4.68 Å². The molecule has 0 unspecified atom stereocenters. The Morgan fingerprint density at radius 2 is 1.77 bits per heavy atom. The molecular weight excluding hydrogens is 386 g/mol. The molecule has 1 amide bonds. The molecule has 3 aromatic rings. The third-order valence-corrected chi connectivity index (χ3v) is 5.71. The lowest BCUT2D eigenvalue weighted by atomic mass is 10.1. The van der Waals surface area contributed by atoms with Crippen molar-refractivity contribution < 1.29 is 4.79 Å². The first-order chi connectivity index (χ1) is 15.2. The van der Waals surface area contributed by atoms with Crippen molar-refractivity contribution in [3.8, 4) is 11.8 Å². The van der Waals surface area contributed by atoms with E-state index in [0.29, 0.717) is 18.4 Å². The highest BCUT2D eigenvalue weighted by molar-refractivity contribution is 5.76. The molecule has 1 aliphatic heterocycles. The van der Waals surface area contributed by atoms with Gasteiger partial charge in [0.2, 0.25) is 5.91 Å². The predicted octanol–water partition coefficient (Wildman–Crippen LogP) is 3.41. The fourth-order valence-electron chi connectivity index (χ4n) is 3.94. The Labute approximate surface area is 183 Å². The van der Waals surface area contributed by atoms with Gasteiger partial charge in [0.25, 0.3) is 0 Å². The normalized spacial score (nSPS) is 14.7. The lowest BCUT2D eigenvalue weighted by molar-refractivity contribution is -0.131. The first-order valence-corrected chi connectivity index (χ1v) is 10.8. The number of amides is 1. The van der Waals surface area contributed by atoms with E-state index in [-0.39, 0.29) is 5.91 Å². The molecule has 0 spiro atoms. The van der Waals surface area contributed by atoms with Crippen molar-refractivity contribution in [1.29, 1.82) is 5.26 Å². The SMILES string of the molecule is N#Cc1ccc(CN2CCCN(C(=O)CCc3cnn(-c4ccccc4)c3)CC2)cc1. The molecule has 1 aliphatic rings. The summed E-state index contributed by atoms with van der Waals surface area (Å²) >= 11 is 0. The van der Waals surface area contributed by atoms with Crippen LogP contribution in [0.5, 0.6) is 0 Å². The molecule has 0 radical (unpaired) electrons. The van der Waals surface area contributed by atoms with Crippen LogP contribution in [0.25, 0.3) is 5.69 Å². The first kappa shape index (κ1) is 20.8. The fourth-order valence-corrected chi connectivity index (χ4v) is 3.94. The average molecular weight is 414 g/mol. The van der Waals surface area contributed by atoms with E-state index in [9.17, 15) is 4.79 Å². The average Bonchev–Trinajstić information content (AvgIpc) is 3.17. The van der Waals surface area contributed by atoms with Gasteiger partial charge in [0.1, 0.15) is 0 Å². The Morgan fingerprint density at radius 1 is 0.968 bits per heavy atom. The molecule has 1 aromatic heterocycles. The topological polar surface area (TPSA) is 65.2 Å². The molecule has 0 atom stereocenters. The molecule has 1 saturated heterocycles. The zero-order valence-corrected chi connectivity index (χ0v) is 17.7. The molecule has 1 fully saturated rings. The number of aryl methyl sites for hydroxylation is 1. The van der Waals surface area contributed by atoms with Crippen LogP contribution in [0.1, 0.15) is 29.5 Å². The minimum Gasteiger partial charge on any atom is -0.341 e. The molecule has 0 N–H and O–H groups in total. The van der Waals surface area contributed by atoms with Crippen LogP contribution in [0.15, 0.2) is 67.0 Å². The van der Waals surface area contributed by atoms with Gasteiger partial charge in [-0.05, 0) is 48.2 Å². The maximum Gasteiger partial charge on any atom is 0.222 e. The van der Waals surface area contributed by atoms with Gasteiger partial charge in [-0.2, -0.15) is 10.4 Å². The van der Waals surface area contributed by atoms with E-state index in [1.807, 2.05) is 76.6 Å². The second-order valence-electron chi connectivity index (χ2n) is 7.95. The number of hydrogen-bond acceptors (Lipinski definition) is 4. The van der Waals surface area contributed by atoms with Crippen LogP contribution in [0.2, 0.25) is 0 Å². The molecule has 31 heavy (non-hydrogen) atoms. The molecule has 0 saturated carbocycles. The molecular formula is C25H27N5O. The van der Waals surface area contributed by atoms with Gasteiger partial charge in [0.15, 0.2) is 0 Å². The summed E-state index contributed by atoms with van der Waals surface area (Å²) < 4.78 is 1.85.